The molecule has 6 heteroatoms. The standard InChI is InChI=1S/C21H22N2O4/c1-2-14-5-8-19(27-17-9-10-26-13-17)18(11-14)20(21(24)25)23-16-6-3-15(12-22)4-7-16/h3-8,11,17,20,23H,2,9-10,13H2,1H3,(H,24,25). The van der Waals surface area contributed by atoms with Crippen molar-refractivity contribution in [1.29, 1.82) is 5.26 Å². The molecule has 2 unspecified atom stereocenters. The first kappa shape index (κ1) is 18.7. The van der Waals surface area contributed by atoms with Gasteiger partial charge in [0, 0.05) is 17.7 Å². The van der Waals surface area contributed by atoms with Crippen LogP contribution < -0.4 is 10.1 Å². The average molecular weight is 366 g/mol. The molecule has 0 bridgehead atoms. The summed E-state index contributed by atoms with van der Waals surface area (Å²) in [6.07, 6.45) is 1.51. The molecule has 0 radical (unpaired) electrons. The lowest BCUT2D eigenvalue weighted by Crippen LogP contribution is -2.23. The Morgan fingerprint density at radius 1 is 1.37 bits per heavy atom. The number of carbonyl (C=O) groups is 1. The molecule has 1 aliphatic rings. The minimum absolute atomic E-state index is 0.0689. The summed E-state index contributed by atoms with van der Waals surface area (Å²) in [5, 5.41) is 21.8. The first-order valence-electron chi connectivity index (χ1n) is 8.97. The van der Waals surface area contributed by atoms with Crippen molar-refractivity contribution in [3.05, 3.63) is 59.2 Å². The van der Waals surface area contributed by atoms with E-state index in [0.29, 0.717) is 35.8 Å². The van der Waals surface area contributed by atoms with Crippen LogP contribution in [0, 0.1) is 11.3 Å². The van der Waals surface area contributed by atoms with E-state index in [1.165, 1.54) is 0 Å². The Morgan fingerprint density at radius 2 is 2.15 bits per heavy atom. The van der Waals surface area contributed by atoms with E-state index in [4.69, 9.17) is 14.7 Å². The number of nitriles is 1. The highest BCUT2D eigenvalue weighted by molar-refractivity contribution is 5.80. The van der Waals surface area contributed by atoms with Crippen LogP contribution in [-0.2, 0) is 16.0 Å². The molecule has 1 heterocycles. The van der Waals surface area contributed by atoms with E-state index in [9.17, 15) is 9.90 Å². The number of hydrogen-bond donors (Lipinski definition) is 2. The molecule has 2 aromatic carbocycles. The van der Waals surface area contributed by atoms with Crippen LogP contribution in [0.5, 0.6) is 5.75 Å². The molecule has 0 aliphatic carbocycles. The molecule has 0 aromatic heterocycles. The minimum atomic E-state index is -1.000. The highest BCUT2D eigenvalue weighted by atomic mass is 16.5. The van der Waals surface area contributed by atoms with Crippen LogP contribution in [0.3, 0.4) is 0 Å². The molecule has 1 fully saturated rings. The molecule has 2 N–H and O–H groups in total. The molecule has 0 saturated carbocycles. The summed E-state index contributed by atoms with van der Waals surface area (Å²) < 4.78 is 11.4. The summed E-state index contributed by atoms with van der Waals surface area (Å²) in [7, 11) is 0. The minimum Gasteiger partial charge on any atom is -0.488 e. The summed E-state index contributed by atoms with van der Waals surface area (Å²) in [6, 6.07) is 13.4. The third-order valence-corrected chi connectivity index (χ3v) is 4.55. The van der Waals surface area contributed by atoms with Gasteiger partial charge in [-0.25, -0.2) is 4.79 Å². The summed E-state index contributed by atoms with van der Waals surface area (Å²) in [5.41, 5.74) is 2.76. The molecule has 6 nitrogen and oxygen atoms in total. The van der Waals surface area contributed by atoms with Gasteiger partial charge >= 0.3 is 5.97 Å². The van der Waals surface area contributed by atoms with Crippen molar-refractivity contribution in [3.8, 4) is 11.8 Å². The number of carboxylic acids is 1. The van der Waals surface area contributed by atoms with Gasteiger partial charge in [-0.2, -0.15) is 5.26 Å². The zero-order chi connectivity index (χ0) is 19.2. The van der Waals surface area contributed by atoms with Gasteiger partial charge in [-0.15, -0.1) is 0 Å². The summed E-state index contributed by atoms with van der Waals surface area (Å²) in [4.78, 5) is 12.0. The quantitative estimate of drug-likeness (QED) is 0.779. The molecule has 0 amide bonds. The van der Waals surface area contributed by atoms with Crippen molar-refractivity contribution in [2.24, 2.45) is 0 Å². The van der Waals surface area contributed by atoms with Crippen LogP contribution in [0.25, 0.3) is 0 Å². The van der Waals surface area contributed by atoms with Crippen molar-refractivity contribution in [2.75, 3.05) is 18.5 Å². The van der Waals surface area contributed by atoms with Gasteiger partial charge in [-0.3, -0.25) is 0 Å². The number of aliphatic carboxylic acids is 1. The van der Waals surface area contributed by atoms with Crippen LogP contribution in [0.1, 0.15) is 36.1 Å². The highest BCUT2D eigenvalue weighted by Crippen LogP contribution is 2.31. The van der Waals surface area contributed by atoms with Crippen molar-refractivity contribution in [1.82, 2.24) is 0 Å². The van der Waals surface area contributed by atoms with E-state index < -0.39 is 12.0 Å². The second kappa shape index (κ2) is 8.56. The van der Waals surface area contributed by atoms with Crippen LogP contribution in [-0.4, -0.2) is 30.4 Å². The predicted octanol–water partition coefficient (Wildman–Crippen LogP) is 3.53. The zero-order valence-corrected chi connectivity index (χ0v) is 15.1. The van der Waals surface area contributed by atoms with Gasteiger partial charge in [0.2, 0.25) is 0 Å². The van der Waals surface area contributed by atoms with E-state index in [1.807, 2.05) is 25.1 Å². The molecular formula is C21H22N2O4. The van der Waals surface area contributed by atoms with Crippen molar-refractivity contribution in [3.63, 3.8) is 0 Å². The zero-order valence-electron chi connectivity index (χ0n) is 15.1. The number of ether oxygens (including phenoxy) is 2. The lowest BCUT2D eigenvalue weighted by atomic mass is 10.0. The SMILES string of the molecule is CCc1ccc(OC2CCOC2)c(C(Nc2ccc(C#N)cc2)C(=O)O)c1. The average Bonchev–Trinajstić information content (AvgIpc) is 3.20. The Kier molecular flexibility index (Phi) is 5.94. The van der Waals surface area contributed by atoms with E-state index in [1.54, 1.807) is 24.3 Å². The Hall–Kier alpha value is -3.04. The maximum atomic E-state index is 12.0. The summed E-state index contributed by atoms with van der Waals surface area (Å²) >= 11 is 0. The van der Waals surface area contributed by atoms with E-state index in [2.05, 4.69) is 11.4 Å². The second-order valence-electron chi connectivity index (χ2n) is 6.43. The van der Waals surface area contributed by atoms with Gasteiger partial charge in [0.05, 0.1) is 24.8 Å². The number of nitrogens with zero attached hydrogens (tertiary/aromatic N) is 1. The fourth-order valence-corrected chi connectivity index (χ4v) is 3.02. The van der Waals surface area contributed by atoms with Crippen LogP contribution >= 0.6 is 0 Å². The molecule has 2 atom stereocenters. The van der Waals surface area contributed by atoms with Crippen LogP contribution in [0.4, 0.5) is 5.69 Å². The maximum Gasteiger partial charge on any atom is 0.330 e. The fourth-order valence-electron chi connectivity index (χ4n) is 3.02. The van der Waals surface area contributed by atoms with E-state index in [-0.39, 0.29) is 6.10 Å². The Labute approximate surface area is 158 Å². The molecule has 140 valence electrons. The van der Waals surface area contributed by atoms with Gasteiger partial charge < -0.3 is 19.9 Å². The monoisotopic (exact) mass is 366 g/mol. The molecule has 27 heavy (non-hydrogen) atoms. The normalized spacial score (nSPS) is 17.1. The first-order chi connectivity index (χ1) is 13.1. The predicted molar refractivity (Wildman–Crippen MR) is 101 cm³/mol. The lowest BCUT2D eigenvalue weighted by Gasteiger charge is -2.22. The molecule has 2 aromatic rings. The van der Waals surface area contributed by atoms with Crippen molar-refractivity contribution in [2.45, 2.75) is 31.9 Å². The third kappa shape index (κ3) is 4.57. The van der Waals surface area contributed by atoms with Gasteiger partial charge in [-0.1, -0.05) is 13.0 Å². The Morgan fingerprint density at radius 3 is 2.74 bits per heavy atom. The Bertz CT molecular complexity index is 836. The van der Waals surface area contributed by atoms with Gasteiger partial charge in [0.25, 0.3) is 0 Å². The fraction of sp³-hybridized carbons (Fsp3) is 0.333. The molecule has 3 rings (SSSR count). The van der Waals surface area contributed by atoms with Gasteiger partial charge in [-0.05, 0) is 48.4 Å². The van der Waals surface area contributed by atoms with Crippen molar-refractivity contribution >= 4 is 11.7 Å². The van der Waals surface area contributed by atoms with Gasteiger partial charge in [0.15, 0.2) is 6.04 Å². The number of anilines is 1. The van der Waals surface area contributed by atoms with E-state index >= 15 is 0 Å². The maximum absolute atomic E-state index is 12.0. The smallest absolute Gasteiger partial charge is 0.330 e. The molecule has 1 saturated heterocycles. The number of benzene rings is 2. The Balaban J connectivity index is 1.92. The van der Waals surface area contributed by atoms with E-state index in [0.717, 1.165) is 18.4 Å². The van der Waals surface area contributed by atoms with Crippen LogP contribution in [0.2, 0.25) is 0 Å². The molecule has 1 aliphatic heterocycles. The number of hydrogen-bond acceptors (Lipinski definition) is 5. The third-order valence-electron chi connectivity index (χ3n) is 4.55. The van der Waals surface area contributed by atoms with Crippen molar-refractivity contribution < 1.29 is 19.4 Å². The number of carboxylic acid groups (broad SMARTS) is 1. The second-order valence-corrected chi connectivity index (χ2v) is 6.43. The summed E-state index contributed by atoms with van der Waals surface area (Å²) in [5.74, 6) is -0.448. The lowest BCUT2D eigenvalue weighted by molar-refractivity contribution is -0.138. The largest absolute Gasteiger partial charge is 0.488 e. The number of rotatable bonds is 7. The molecular weight excluding hydrogens is 344 g/mol. The first-order valence-corrected chi connectivity index (χ1v) is 8.97. The topological polar surface area (TPSA) is 91.6 Å². The number of aryl methyl sites for hydroxylation is 1. The number of nitrogens with one attached hydrogen (secondary N) is 1. The summed E-state index contributed by atoms with van der Waals surface area (Å²) in [6.45, 7) is 3.18. The highest BCUT2D eigenvalue weighted by Gasteiger charge is 2.26. The molecule has 0 spiro atoms. The van der Waals surface area contributed by atoms with Crippen LogP contribution in [0.15, 0.2) is 42.5 Å². The van der Waals surface area contributed by atoms with Gasteiger partial charge in [0.1, 0.15) is 11.9 Å².